The summed E-state index contributed by atoms with van der Waals surface area (Å²) in [5, 5.41) is 5.71. The molecule has 1 aliphatic carbocycles. The van der Waals surface area contributed by atoms with Gasteiger partial charge in [0, 0.05) is 25.2 Å². The van der Waals surface area contributed by atoms with E-state index in [1.165, 1.54) is 4.90 Å². The van der Waals surface area contributed by atoms with Crippen molar-refractivity contribution in [1.29, 1.82) is 0 Å². The van der Waals surface area contributed by atoms with Crippen LogP contribution >= 0.6 is 0 Å². The smallest absolute Gasteiger partial charge is 0.313 e. The Morgan fingerprint density at radius 1 is 1.13 bits per heavy atom. The maximum Gasteiger partial charge on any atom is 0.313 e. The first-order chi connectivity index (χ1) is 14.4. The number of aryl methyl sites for hydroxylation is 1. The second-order valence-electron chi connectivity index (χ2n) is 8.49. The molecule has 8 heteroatoms. The molecule has 0 aromatic carbocycles. The molecule has 2 N–H and O–H groups in total. The largest absolute Gasteiger partial charge is 0.464 e. The van der Waals surface area contributed by atoms with Gasteiger partial charge in [-0.25, -0.2) is 0 Å². The minimum Gasteiger partial charge on any atom is -0.464 e. The van der Waals surface area contributed by atoms with Gasteiger partial charge in [0.1, 0.15) is 11.5 Å². The topological polar surface area (TPSA) is 101 Å². The molecule has 2 aliphatic rings. The fraction of sp³-hybridized carbons (Fsp3) is 0.682. The molecule has 1 aromatic rings. The van der Waals surface area contributed by atoms with Gasteiger partial charge in [-0.1, -0.05) is 12.8 Å². The summed E-state index contributed by atoms with van der Waals surface area (Å²) >= 11 is 0. The number of nitrogens with zero attached hydrogens (tertiary/aromatic N) is 1. The molecule has 0 spiro atoms. The van der Waals surface area contributed by atoms with E-state index in [1.807, 2.05) is 0 Å². The second kappa shape index (κ2) is 10.1. The molecular weight excluding hydrogens is 386 g/mol. The molecule has 2 fully saturated rings. The van der Waals surface area contributed by atoms with E-state index in [1.54, 1.807) is 32.9 Å². The summed E-state index contributed by atoms with van der Waals surface area (Å²) in [5.74, 6) is -0.795. The van der Waals surface area contributed by atoms with E-state index in [4.69, 9.17) is 9.15 Å². The highest BCUT2D eigenvalue weighted by molar-refractivity contribution is 6.35. The van der Waals surface area contributed by atoms with Gasteiger partial charge >= 0.3 is 11.8 Å². The van der Waals surface area contributed by atoms with Gasteiger partial charge in [-0.15, -0.1) is 0 Å². The number of carbonyl (C=O) groups is 3. The third kappa shape index (κ3) is 5.41. The van der Waals surface area contributed by atoms with Crippen LogP contribution in [-0.4, -0.2) is 54.0 Å². The zero-order valence-corrected chi connectivity index (χ0v) is 18.1. The highest BCUT2D eigenvalue weighted by Gasteiger charge is 2.39. The number of nitrogens with one attached hydrogen (secondary N) is 2. The fourth-order valence-corrected chi connectivity index (χ4v) is 4.19. The minimum atomic E-state index is -1.03. The molecule has 2 atom stereocenters. The van der Waals surface area contributed by atoms with Crippen molar-refractivity contribution < 1.29 is 23.5 Å². The molecule has 2 heterocycles. The van der Waals surface area contributed by atoms with Gasteiger partial charge in [-0.3, -0.25) is 14.4 Å². The van der Waals surface area contributed by atoms with Gasteiger partial charge in [-0.2, -0.15) is 0 Å². The van der Waals surface area contributed by atoms with Crippen LogP contribution in [0.5, 0.6) is 0 Å². The lowest BCUT2D eigenvalue weighted by atomic mass is 10.1. The summed E-state index contributed by atoms with van der Waals surface area (Å²) in [4.78, 5) is 40.3. The number of ether oxygens (including phenoxy) is 1. The zero-order chi connectivity index (χ0) is 21.7. The van der Waals surface area contributed by atoms with Crippen LogP contribution in [0.25, 0.3) is 0 Å². The molecule has 8 nitrogen and oxygen atoms in total. The van der Waals surface area contributed by atoms with Crippen LogP contribution in [0.3, 0.4) is 0 Å². The fourth-order valence-electron chi connectivity index (χ4n) is 4.19. The minimum absolute atomic E-state index is 0.0214. The van der Waals surface area contributed by atoms with Crippen molar-refractivity contribution in [3.63, 3.8) is 0 Å². The molecule has 1 aromatic heterocycles. The van der Waals surface area contributed by atoms with E-state index >= 15 is 0 Å². The van der Waals surface area contributed by atoms with Crippen molar-refractivity contribution in [3.05, 3.63) is 23.7 Å². The third-order valence-electron chi connectivity index (χ3n) is 5.76. The summed E-state index contributed by atoms with van der Waals surface area (Å²) in [6.07, 6.45) is 5.69. The van der Waals surface area contributed by atoms with Crippen LogP contribution in [0.15, 0.2) is 16.5 Å². The van der Waals surface area contributed by atoms with Crippen LogP contribution in [0.2, 0.25) is 0 Å². The molecule has 3 amide bonds. The van der Waals surface area contributed by atoms with E-state index in [0.717, 1.165) is 38.5 Å². The summed E-state index contributed by atoms with van der Waals surface area (Å²) in [6, 6.07) is 2.05. The molecule has 0 radical (unpaired) electrons. The molecule has 1 aliphatic heterocycles. The average Bonchev–Trinajstić information content (AvgIpc) is 3.46. The van der Waals surface area contributed by atoms with Crippen molar-refractivity contribution in [1.82, 2.24) is 15.5 Å². The lowest BCUT2D eigenvalue weighted by Gasteiger charge is -2.33. The molecule has 166 valence electrons. The summed E-state index contributed by atoms with van der Waals surface area (Å²) < 4.78 is 11.3. The Morgan fingerprint density at radius 2 is 1.87 bits per heavy atom. The number of hydrogen-bond donors (Lipinski definition) is 2. The van der Waals surface area contributed by atoms with Gasteiger partial charge in [0.25, 0.3) is 5.91 Å². The zero-order valence-electron chi connectivity index (χ0n) is 18.1. The van der Waals surface area contributed by atoms with Crippen molar-refractivity contribution in [3.8, 4) is 0 Å². The molecule has 1 saturated heterocycles. The van der Waals surface area contributed by atoms with Gasteiger partial charge in [0.05, 0.1) is 6.10 Å². The highest BCUT2D eigenvalue weighted by Crippen LogP contribution is 2.26. The molecule has 30 heavy (non-hydrogen) atoms. The molecule has 1 saturated carbocycles. The van der Waals surface area contributed by atoms with E-state index in [9.17, 15) is 14.4 Å². The predicted molar refractivity (Wildman–Crippen MR) is 111 cm³/mol. The highest BCUT2D eigenvalue weighted by atomic mass is 16.5. The van der Waals surface area contributed by atoms with E-state index < -0.39 is 17.9 Å². The van der Waals surface area contributed by atoms with Crippen LogP contribution in [0, 0.1) is 6.92 Å². The van der Waals surface area contributed by atoms with Gasteiger partial charge in [0.2, 0.25) is 0 Å². The lowest BCUT2D eigenvalue weighted by Crippen LogP contribution is -2.53. The van der Waals surface area contributed by atoms with Gasteiger partial charge in [-0.05, 0) is 58.6 Å². The molecule has 3 rings (SSSR count). The van der Waals surface area contributed by atoms with Crippen molar-refractivity contribution >= 4 is 17.7 Å². The van der Waals surface area contributed by atoms with Crippen molar-refractivity contribution in [2.45, 2.75) is 83.5 Å². The number of hydrogen-bond acceptors (Lipinski definition) is 5. The van der Waals surface area contributed by atoms with E-state index in [-0.39, 0.29) is 24.1 Å². The maximum absolute atomic E-state index is 13.2. The second-order valence-corrected chi connectivity index (χ2v) is 8.49. The van der Waals surface area contributed by atoms with Crippen molar-refractivity contribution in [2.24, 2.45) is 0 Å². The normalized spacial score (nSPS) is 20.3. The Kier molecular flexibility index (Phi) is 7.53. The van der Waals surface area contributed by atoms with E-state index in [2.05, 4.69) is 10.6 Å². The Hall–Kier alpha value is -2.35. The lowest BCUT2D eigenvalue weighted by molar-refractivity contribution is -0.152. The Bertz CT molecular complexity index is 748. The average molecular weight is 420 g/mol. The number of furan rings is 1. The van der Waals surface area contributed by atoms with Crippen LogP contribution in [0.1, 0.15) is 69.9 Å². The number of rotatable bonds is 7. The SMILES string of the molecule is Cc1ccc(C(C(=O)NCC2CCCO2)N(C(=O)C(=O)NC2CCCC2)C(C)C)o1. The van der Waals surface area contributed by atoms with Crippen LogP contribution < -0.4 is 10.6 Å². The van der Waals surface area contributed by atoms with E-state index in [0.29, 0.717) is 24.7 Å². The first kappa shape index (κ1) is 22.3. The quantitative estimate of drug-likeness (QED) is 0.660. The summed E-state index contributed by atoms with van der Waals surface area (Å²) in [5.41, 5.74) is 0. The standard InChI is InChI=1S/C22H33N3O5/c1-14(2)25(22(28)21(27)24-16-7-4-5-8-16)19(18-11-10-15(3)30-18)20(26)23-13-17-9-6-12-29-17/h10-11,14,16-17,19H,4-9,12-13H2,1-3H3,(H,23,26)(H,24,27). The predicted octanol–water partition coefficient (Wildman–Crippen LogP) is 2.22. The van der Waals surface area contributed by atoms with Gasteiger partial charge in [0.15, 0.2) is 6.04 Å². The van der Waals surface area contributed by atoms with Crippen LogP contribution in [-0.2, 0) is 19.1 Å². The van der Waals surface area contributed by atoms with Crippen molar-refractivity contribution in [2.75, 3.05) is 13.2 Å². The molecular formula is C22H33N3O5. The third-order valence-corrected chi connectivity index (χ3v) is 5.76. The van der Waals surface area contributed by atoms with Gasteiger partial charge < -0.3 is 24.7 Å². The first-order valence-electron chi connectivity index (χ1n) is 11.0. The Balaban J connectivity index is 1.79. The number of carbonyl (C=O) groups excluding carboxylic acids is 3. The monoisotopic (exact) mass is 419 g/mol. The Morgan fingerprint density at radius 3 is 2.43 bits per heavy atom. The maximum atomic E-state index is 13.2. The molecule has 2 unspecified atom stereocenters. The Labute approximate surface area is 177 Å². The first-order valence-corrected chi connectivity index (χ1v) is 11.0. The molecule has 0 bridgehead atoms. The van der Waals surface area contributed by atoms with Crippen LogP contribution in [0.4, 0.5) is 0 Å². The summed E-state index contributed by atoms with van der Waals surface area (Å²) in [7, 11) is 0. The summed E-state index contributed by atoms with van der Waals surface area (Å²) in [6.45, 7) is 6.41. The number of amides is 3.